The molecule has 0 aromatic heterocycles. The molecule has 0 aromatic carbocycles. The number of ether oxygens (including phenoxy) is 2. The summed E-state index contributed by atoms with van der Waals surface area (Å²) in [5, 5.41) is 0. The smallest absolute Gasteiger partial charge is 0.170 e. The maximum Gasteiger partial charge on any atom is 0.170 e. The first-order valence-corrected chi connectivity index (χ1v) is 6.54. The first-order chi connectivity index (χ1) is 6.74. The van der Waals surface area contributed by atoms with E-state index in [4.69, 9.17) is 9.47 Å². The fraction of sp³-hybridized carbons (Fsp3) is 1.00. The molecule has 0 spiro atoms. The van der Waals surface area contributed by atoms with Gasteiger partial charge in [-0.2, -0.15) is 11.8 Å². The second kappa shape index (κ2) is 9.77. The lowest BCUT2D eigenvalue weighted by atomic mass is 10.5. The molecule has 3 nitrogen and oxygen atoms in total. The van der Waals surface area contributed by atoms with Gasteiger partial charge in [0.05, 0.1) is 0 Å². The predicted octanol–water partition coefficient (Wildman–Crippen LogP) is 1.68. The van der Waals surface area contributed by atoms with Crippen LogP contribution in [-0.2, 0) is 9.47 Å². The van der Waals surface area contributed by atoms with Crippen molar-refractivity contribution >= 4 is 11.8 Å². The van der Waals surface area contributed by atoms with E-state index in [1.807, 2.05) is 25.6 Å². The van der Waals surface area contributed by atoms with Crippen molar-refractivity contribution in [3.63, 3.8) is 0 Å². The lowest BCUT2D eigenvalue weighted by Crippen LogP contribution is -2.34. The van der Waals surface area contributed by atoms with Crippen LogP contribution in [0.25, 0.3) is 0 Å². The molecule has 0 bridgehead atoms. The molecule has 0 saturated carbocycles. The van der Waals surface area contributed by atoms with Gasteiger partial charge in [0.1, 0.15) is 0 Å². The molecule has 0 N–H and O–H groups in total. The van der Waals surface area contributed by atoms with Crippen LogP contribution in [0, 0.1) is 0 Å². The predicted molar refractivity (Wildman–Crippen MR) is 62.9 cm³/mol. The highest BCUT2D eigenvalue weighted by Gasteiger charge is 2.10. The Morgan fingerprint density at radius 1 is 1.21 bits per heavy atom. The van der Waals surface area contributed by atoms with E-state index >= 15 is 0 Å². The van der Waals surface area contributed by atoms with Crippen LogP contribution >= 0.6 is 11.8 Å². The Morgan fingerprint density at radius 3 is 2.21 bits per heavy atom. The molecule has 0 aromatic rings. The molecule has 0 aliphatic carbocycles. The maximum absolute atomic E-state index is 5.46. The molecule has 0 atom stereocenters. The highest BCUT2D eigenvalue weighted by molar-refractivity contribution is 7.98. The normalized spacial score (nSPS) is 11.6. The summed E-state index contributed by atoms with van der Waals surface area (Å²) in [5.41, 5.74) is 0. The van der Waals surface area contributed by atoms with Gasteiger partial charge in [-0.1, -0.05) is 0 Å². The Kier molecular flexibility index (Phi) is 9.93. The van der Waals surface area contributed by atoms with E-state index in [9.17, 15) is 0 Å². The van der Waals surface area contributed by atoms with Gasteiger partial charge >= 0.3 is 0 Å². The Balaban J connectivity index is 3.64. The summed E-state index contributed by atoms with van der Waals surface area (Å²) in [4.78, 5) is 2.24. The van der Waals surface area contributed by atoms with Crippen LogP contribution in [0.4, 0.5) is 0 Å². The Morgan fingerprint density at radius 2 is 1.79 bits per heavy atom. The van der Waals surface area contributed by atoms with Crippen LogP contribution in [0.1, 0.15) is 13.8 Å². The average Bonchev–Trinajstić information content (AvgIpc) is 2.15. The van der Waals surface area contributed by atoms with E-state index in [0.29, 0.717) is 13.2 Å². The Bertz CT molecular complexity index is 119. The summed E-state index contributed by atoms with van der Waals surface area (Å²) in [6, 6.07) is 0. The Labute approximate surface area is 92.1 Å². The number of likely N-dealkylation sites (N-methyl/N-ethyl adjacent to an activating group) is 1. The van der Waals surface area contributed by atoms with Gasteiger partial charge in [0.25, 0.3) is 0 Å². The number of hydrogen-bond donors (Lipinski definition) is 0. The summed E-state index contributed by atoms with van der Waals surface area (Å²) in [5.74, 6) is 1.15. The fourth-order valence-corrected chi connectivity index (χ4v) is 1.61. The molecule has 4 heteroatoms. The van der Waals surface area contributed by atoms with Crippen molar-refractivity contribution < 1.29 is 9.47 Å². The minimum atomic E-state index is -0.0724. The largest absolute Gasteiger partial charge is 0.352 e. The SMILES string of the molecule is CCOC(CN(C)CCSC)OCC. The second-order valence-corrected chi connectivity index (χ2v) is 4.08. The topological polar surface area (TPSA) is 21.7 Å². The fourth-order valence-electron chi connectivity index (χ4n) is 1.12. The van der Waals surface area contributed by atoms with E-state index < -0.39 is 0 Å². The highest BCUT2D eigenvalue weighted by atomic mass is 32.2. The number of rotatable bonds is 9. The summed E-state index contributed by atoms with van der Waals surface area (Å²) in [6.45, 7) is 7.34. The zero-order valence-electron chi connectivity index (χ0n) is 9.78. The van der Waals surface area contributed by atoms with Crippen molar-refractivity contribution in [2.45, 2.75) is 20.1 Å². The van der Waals surface area contributed by atoms with Gasteiger partial charge in [-0.05, 0) is 27.2 Å². The van der Waals surface area contributed by atoms with Gasteiger partial charge in [0, 0.05) is 32.1 Å². The molecule has 0 amide bonds. The van der Waals surface area contributed by atoms with Crippen LogP contribution in [-0.4, -0.2) is 56.5 Å². The zero-order valence-corrected chi connectivity index (χ0v) is 10.6. The minimum absolute atomic E-state index is 0.0724. The molecule has 0 heterocycles. The van der Waals surface area contributed by atoms with Gasteiger partial charge in [-0.25, -0.2) is 0 Å². The van der Waals surface area contributed by atoms with E-state index in [-0.39, 0.29) is 6.29 Å². The van der Waals surface area contributed by atoms with Gasteiger partial charge in [0.2, 0.25) is 0 Å². The first-order valence-electron chi connectivity index (χ1n) is 5.15. The molecular formula is C10H23NO2S. The lowest BCUT2D eigenvalue weighted by Gasteiger charge is -2.23. The van der Waals surface area contributed by atoms with Crippen molar-refractivity contribution in [2.24, 2.45) is 0 Å². The van der Waals surface area contributed by atoms with Crippen LogP contribution in [0.15, 0.2) is 0 Å². The number of hydrogen-bond acceptors (Lipinski definition) is 4. The zero-order chi connectivity index (χ0) is 10.8. The molecule has 0 radical (unpaired) electrons. The maximum atomic E-state index is 5.46. The third kappa shape index (κ3) is 7.62. The van der Waals surface area contributed by atoms with Gasteiger partial charge < -0.3 is 14.4 Å². The molecule has 0 unspecified atom stereocenters. The van der Waals surface area contributed by atoms with E-state index in [2.05, 4.69) is 18.2 Å². The molecule has 0 fully saturated rings. The van der Waals surface area contributed by atoms with E-state index in [1.54, 1.807) is 0 Å². The molecule has 86 valence electrons. The highest BCUT2D eigenvalue weighted by Crippen LogP contribution is 2.00. The molecule has 0 saturated heterocycles. The third-order valence-corrected chi connectivity index (χ3v) is 2.43. The number of thioether (sulfide) groups is 1. The lowest BCUT2D eigenvalue weighted by molar-refractivity contribution is -0.144. The first kappa shape index (κ1) is 14.2. The molecule has 14 heavy (non-hydrogen) atoms. The quantitative estimate of drug-likeness (QED) is 0.552. The van der Waals surface area contributed by atoms with E-state index in [0.717, 1.165) is 18.8 Å². The monoisotopic (exact) mass is 221 g/mol. The van der Waals surface area contributed by atoms with Gasteiger partial charge in [0.15, 0.2) is 6.29 Å². The van der Waals surface area contributed by atoms with Crippen LogP contribution in [0.3, 0.4) is 0 Å². The van der Waals surface area contributed by atoms with Crippen molar-refractivity contribution in [1.82, 2.24) is 4.90 Å². The Hall–Kier alpha value is 0.230. The average molecular weight is 221 g/mol. The standard InChI is InChI=1S/C10H23NO2S/c1-5-12-10(13-6-2)9-11(3)7-8-14-4/h10H,5-9H2,1-4H3. The summed E-state index contributed by atoms with van der Waals surface area (Å²) < 4.78 is 10.9. The van der Waals surface area contributed by atoms with Crippen molar-refractivity contribution in [3.05, 3.63) is 0 Å². The van der Waals surface area contributed by atoms with Crippen molar-refractivity contribution in [1.29, 1.82) is 0 Å². The van der Waals surface area contributed by atoms with Crippen LogP contribution < -0.4 is 0 Å². The summed E-state index contributed by atoms with van der Waals surface area (Å²) in [7, 11) is 2.10. The van der Waals surface area contributed by atoms with Gasteiger partial charge in [-0.15, -0.1) is 0 Å². The molecule has 0 aliphatic heterocycles. The van der Waals surface area contributed by atoms with Crippen molar-refractivity contribution in [2.75, 3.05) is 45.4 Å². The second-order valence-electron chi connectivity index (χ2n) is 3.10. The van der Waals surface area contributed by atoms with Crippen LogP contribution in [0.5, 0.6) is 0 Å². The number of nitrogens with zero attached hydrogens (tertiary/aromatic N) is 1. The van der Waals surface area contributed by atoms with Crippen LogP contribution in [0.2, 0.25) is 0 Å². The van der Waals surface area contributed by atoms with Crippen molar-refractivity contribution in [3.8, 4) is 0 Å². The third-order valence-electron chi connectivity index (χ3n) is 1.84. The van der Waals surface area contributed by atoms with E-state index in [1.165, 1.54) is 0 Å². The minimum Gasteiger partial charge on any atom is -0.352 e. The molecular weight excluding hydrogens is 198 g/mol. The molecule has 0 aliphatic rings. The molecule has 0 rings (SSSR count). The summed E-state index contributed by atoms with van der Waals surface area (Å²) >= 11 is 1.86. The van der Waals surface area contributed by atoms with Gasteiger partial charge in [-0.3, -0.25) is 0 Å². The summed E-state index contributed by atoms with van der Waals surface area (Å²) in [6.07, 6.45) is 2.05.